The highest BCUT2D eigenvalue weighted by Gasteiger charge is 2.55. The van der Waals surface area contributed by atoms with E-state index in [2.05, 4.69) is 15.5 Å². The molecule has 2 aromatic heterocycles. The van der Waals surface area contributed by atoms with Crippen LogP contribution in [-0.2, 0) is 7.05 Å². The second kappa shape index (κ2) is 5.57. The van der Waals surface area contributed by atoms with E-state index in [9.17, 15) is 9.90 Å². The van der Waals surface area contributed by atoms with Gasteiger partial charge >= 0.3 is 6.09 Å². The van der Waals surface area contributed by atoms with E-state index in [0.29, 0.717) is 29.3 Å². The van der Waals surface area contributed by atoms with Crippen molar-refractivity contribution >= 4 is 6.09 Å². The van der Waals surface area contributed by atoms with Crippen molar-refractivity contribution in [1.82, 2.24) is 24.9 Å². The van der Waals surface area contributed by atoms with Crippen molar-refractivity contribution in [3.63, 3.8) is 0 Å². The van der Waals surface area contributed by atoms with Crippen molar-refractivity contribution in [2.45, 2.75) is 43.7 Å². The SMILES string of the molecule is Cn1ncc(OC(=O)NC2[C@@H]3CC4C[C@H]2CC(O)(C4)C3)c1-n1cccn1. The lowest BCUT2D eigenvalue weighted by Crippen LogP contribution is -2.61. The summed E-state index contributed by atoms with van der Waals surface area (Å²) in [4.78, 5) is 12.6. The third-order valence-corrected chi connectivity index (χ3v) is 6.32. The number of rotatable bonds is 3. The van der Waals surface area contributed by atoms with Crippen molar-refractivity contribution in [1.29, 1.82) is 0 Å². The first-order valence-electron chi connectivity index (χ1n) is 9.23. The fraction of sp³-hybridized carbons (Fsp3) is 0.611. The standard InChI is InChI=1S/C18H23N5O3/c1-22-16(23-4-2-3-19-23)14(10-20-22)26-17(24)21-15-12-5-11-6-13(15)9-18(25,7-11)8-12/h2-4,10-13,15,25H,5-9H2,1H3,(H,21,24)/t11?,12-,13+,15?,18?. The second-order valence-electron chi connectivity index (χ2n) is 8.16. The minimum absolute atomic E-state index is 0.0872. The van der Waals surface area contributed by atoms with Crippen molar-refractivity contribution < 1.29 is 14.6 Å². The van der Waals surface area contributed by atoms with E-state index in [0.717, 1.165) is 32.1 Å². The van der Waals surface area contributed by atoms with E-state index in [1.807, 2.05) is 0 Å². The van der Waals surface area contributed by atoms with Gasteiger partial charge in [0.1, 0.15) is 0 Å². The van der Waals surface area contributed by atoms with E-state index in [1.165, 1.54) is 6.20 Å². The van der Waals surface area contributed by atoms with Crippen LogP contribution in [0, 0.1) is 17.8 Å². The number of aliphatic hydroxyl groups is 1. The van der Waals surface area contributed by atoms with Gasteiger partial charge in [-0.25, -0.2) is 14.2 Å². The van der Waals surface area contributed by atoms with Crippen LogP contribution in [0.25, 0.3) is 5.82 Å². The molecule has 138 valence electrons. The van der Waals surface area contributed by atoms with E-state index >= 15 is 0 Å². The van der Waals surface area contributed by atoms with Gasteiger partial charge in [-0.1, -0.05) is 0 Å². The Kier molecular flexibility index (Phi) is 3.40. The van der Waals surface area contributed by atoms with Gasteiger partial charge in [0.05, 0.1) is 11.8 Å². The summed E-state index contributed by atoms with van der Waals surface area (Å²) in [5.74, 6) is 2.27. The molecule has 0 spiro atoms. The summed E-state index contributed by atoms with van der Waals surface area (Å²) in [5.41, 5.74) is -0.505. The van der Waals surface area contributed by atoms with Gasteiger partial charge in [-0.15, -0.1) is 0 Å². The maximum Gasteiger partial charge on any atom is 0.413 e. The highest BCUT2D eigenvalue weighted by atomic mass is 16.6. The third kappa shape index (κ3) is 2.51. The van der Waals surface area contributed by atoms with Crippen molar-refractivity contribution in [3.8, 4) is 11.6 Å². The number of amides is 1. The van der Waals surface area contributed by atoms with Crippen molar-refractivity contribution in [2.24, 2.45) is 24.8 Å². The van der Waals surface area contributed by atoms with Gasteiger partial charge in [0.25, 0.3) is 0 Å². The molecule has 4 bridgehead atoms. The zero-order valence-electron chi connectivity index (χ0n) is 14.7. The molecule has 4 fully saturated rings. The molecule has 26 heavy (non-hydrogen) atoms. The van der Waals surface area contributed by atoms with E-state index in [1.54, 1.807) is 34.9 Å². The fourth-order valence-electron chi connectivity index (χ4n) is 5.62. The van der Waals surface area contributed by atoms with Crippen molar-refractivity contribution in [2.75, 3.05) is 0 Å². The Balaban J connectivity index is 1.31. The quantitative estimate of drug-likeness (QED) is 0.871. The number of nitrogens with one attached hydrogen (secondary N) is 1. The Morgan fingerprint density at radius 2 is 2.08 bits per heavy atom. The molecule has 4 saturated carbocycles. The van der Waals surface area contributed by atoms with Crippen LogP contribution in [0.1, 0.15) is 32.1 Å². The molecule has 0 aromatic carbocycles. The lowest BCUT2D eigenvalue weighted by atomic mass is 9.52. The zero-order valence-corrected chi connectivity index (χ0v) is 14.7. The molecular weight excluding hydrogens is 334 g/mol. The van der Waals surface area contributed by atoms with Gasteiger partial charge in [-0.05, 0) is 55.9 Å². The zero-order chi connectivity index (χ0) is 17.9. The molecule has 2 aromatic rings. The molecule has 0 aliphatic heterocycles. The van der Waals surface area contributed by atoms with E-state index < -0.39 is 11.7 Å². The molecule has 2 N–H and O–H groups in total. The summed E-state index contributed by atoms with van der Waals surface area (Å²) in [7, 11) is 1.78. The smallest absolute Gasteiger partial charge is 0.405 e. The Labute approximate surface area is 151 Å². The highest BCUT2D eigenvalue weighted by molar-refractivity contribution is 5.71. The number of hydrogen-bond donors (Lipinski definition) is 2. The van der Waals surface area contributed by atoms with Gasteiger partial charge in [-0.3, -0.25) is 0 Å². The third-order valence-electron chi connectivity index (χ3n) is 6.32. The molecule has 1 amide bonds. The maximum atomic E-state index is 12.6. The van der Waals surface area contributed by atoms with Gasteiger partial charge in [0.2, 0.25) is 0 Å². The first-order valence-corrected chi connectivity index (χ1v) is 9.23. The van der Waals surface area contributed by atoms with Gasteiger partial charge in [-0.2, -0.15) is 10.2 Å². The Morgan fingerprint density at radius 1 is 1.31 bits per heavy atom. The average Bonchev–Trinajstić information content (AvgIpc) is 3.19. The van der Waals surface area contributed by atoms with Crippen LogP contribution >= 0.6 is 0 Å². The Hall–Kier alpha value is -2.35. The van der Waals surface area contributed by atoms with Gasteiger partial charge in [0.15, 0.2) is 11.6 Å². The first-order chi connectivity index (χ1) is 12.5. The minimum Gasteiger partial charge on any atom is -0.405 e. The lowest BCUT2D eigenvalue weighted by molar-refractivity contribution is -0.137. The predicted octanol–water partition coefficient (Wildman–Crippen LogP) is 1.63. The largest absolute Gasteiger partial charge is 0.413 e. The Bertz CT molecular complexity index is 814. The van der Waals surface area contributed by atoms with Crippen LogP contribution in [0.4, 0.5) is 4.79 Å². The van der Waals surface area contributed by atoms with E-state index in [-0.39, 0.29) is 6.04 Å². The fourth-order valence-corrected chi connectivity index (χ4v) is 5.62. The summed E-state index contributed by atoms with van der Waals surface area (Å²) in [5, 5.41) is 22.1. The van der Waals surface area contributed by atoms with Gasteiger partial charge < -0.3 is 15.2 Å². The predicted molar refractivity (Wildman–Crippen MR) is 91.8 cm³/mol. The normalized spacial score (nSPS) is 34.8. The maximum absolute atomic E-state index is 12.6. The molecule has 0 saturated heterocycles. The number of carbonyl (C=O) groups is 1. The second-order valence-corrected chi connectivity index (χ2v) is 8.16. The van der Waals surface area contributed by atoms with Crippen LogP contribution in [0.5, 0.6) is 5.75 Å². The molecule has 8 heteroatoms. The van der Waals surface area contributed by atoms with Crippen LogP contribution < -0.4 is 10.1 Å². The summed E-state index contributed by atoms with van der Waals surface area (Å²) in [6, 6.07) is 1.89. The summed E-state index contributed by atoms with van der Waals surface area (Å²) in [6.07, 6.45) is 9.19. The van der Waals surface area contributed by atoms with Crippen LogP contribution in [-0.4, -0.2) is 42.4 Å². The monoisotopic (exact) mass is 357 g/mol. The lowest BCUT2D eigenvalue weighted by Gasteiger charge is -2.57. The molecule has 6 rings (SSSR count). The number of hydrogen-bond acceptors (Lipinski definition) is 5. The number of aryl methyl sites for hydroxylation is 1. The molecule has 4 aliphatic rings. The number of carbonyl (C=O) groups excluding carboxylic acids is 1. The highest BCUT2D eigenvalue weighted by Crippen LogP contribution is 2.55. The van der Waals surface area contributed by atoms with Crippen LogP contribution in [0.2, 0.25) is 0 Å². The van der Waals surface area contributed by atoms with Crippen LogP contribution in [0.3, 0.4) is 0 Å². The number of ether oxygens (including phenoxy) is 1. The van der Waals surface area contributed by atoms with Gasteiger partial charge in [0, 0.05) is 25.5 Å². The summed E-state index contributed by atoms with van der Waals surface area (Å²) >= 11 is 0. The Morgan fingerprint density at radius 3 is 2.73 bits per heavy atom. The molecule has 0 radical (unpaired) electrons. The summed E-state index contributed by atoms with van der Waals surface area (Å²) in [6.45, 7) is 0. The molecule has 5 atom stereocenters. The van der Waals surface area contributed by atoms with Crippen molar-refractivity contribution in [3.05, 3.63) is 24.7 Å². The topological polar surface area (TPSA) is 94.2 Å². The average molecular weight is 357 g/mol. The van der Waals surface area contributed by atoms with E-state index in [4.69, 9.17) is 4.74 Å². The molecule has 8 nitrogen and oxygen atoms in total. The number of aromatic nitrogens is 4. The number of nitrogens with zero attached hydrogens (tertiary/aromatic N) is 4. The summed E-state index contributed by atoms with van der Waals surface area (Å²) < 4.78 is 8.80. The molecule has 2 heterocycles. The first kappa shape index (κ1) is 15.9. The van der Waals surface area contributed by atoms with Crippen LogP contribution in [0.15, 0.2) is 24.7 Å². The molecule has 4 aliphatic carbocycles. The molecular formula is C18H23N5O3. The molecule has 3 unspecified atom stereocenters. The minimum atomic E-state index is -0.505.